The van der Waals surface area contributed by atoms with Crippen molar-refractivity contribution < 1.29 is 8.78 Å². The molecule has 0 amide bonds. The van der Waals surface area contributed by atoms with Crippen LogP contribution in [0.2, 0.25) is 0 Å². The zero-order valence-electron chi connectivity index (χ0n) is 9.43. The van der Waals surface area contributed by atoms with E-state index < -0.39 is 17.7 Å². The van der Waals surface area contributed by atoms with Gasteiger partial charge in [0.1, 0.15) is 11.6 Å². The van der Waals surface area contributed by atoms with Crippen LogP contribution in [0.25, 0.3) is 0 Å². The Morgan fingerprint density at radius 1 is 1.38 bits per heavy atom. The predicted octanol–water partition coefficient (Wildman–Crippen LogP) is 4.16. The van der Waals surface area contributed by atoms with Crippen LogP contribution in [0.3, 0.4) is 0 Å². The van der Waals surface area contributed by atoms with E-state index in [1.54, 1.807) is 0 Å². The van der Waals surface area contributed by atoms with Crippen LogP contribution in [0.1, 0.15) is 38.3 Å². The van der Waals surface area contributed by atoms with E-state index in [1.165, 1.54) is 12.1 Å². The fraction of sp³-hybridized carbons (Fsp3) is 0.500. The lowest BCUT2D eigenvalue weighted by Gasteiger charge is -2.18. The first-order valence-corrected chi connectivity index (χ1v) is 6.15. The summed E-state index contributed by atoms with van der Waals surface area (Å²) in [5, 5.41) is 0. The lowest BCUT2D eigenvalue weighted by molar-refractivity contribution is 0.433. The summed E-state index contributed by atoms with van der Waals surface area (Å²) in [5.74, 6) is -0.805. The highest BCUT2D eigenvalue weighted by Gasteiger charge is 2.20. The molecular weight excluding hydrogens is 276 g/mol. The summed E-state index contributed by atoms with van der Waals surface area (Å²) in [6.45, 7) is 4.05. The third kappa shape index (κ3) is 3.01. The molecular formula is C12H16BrF2N. The van der Waals surface area contributed by atoms with Crippen LogP contribution < -0.4 is 5.73 Å². The van der Waals surface area contributed by atoms with Crippen molar-refractivity contribution in [3.63, 3.8) is 0 Å². The molecule has 90 valence electrons. The van der Waals surface area contributed by atoms with Gasteiger partial charge in [-0.1, -0.05) is 20.3 Å². The van der Waals surface area contributed by atoms with Crippen LogP contribution in [0.5, 0.6) is 0 Å². The second kappa shape index (κ2) is 5.73. The van der Waals surface area contributed by atoms with E-state index in [1.807, 2.05) is 13.8 Å². The van der Waals surface area contributed by atoms with Crippen molar-refractivity contribution in [3.8, 4) is 0 Å². The minimum Gasteiger partial charge on any atom is -0.324 e. The molecule has 0 spiro atoms. The van der Waals surface area contributed by atoms with Crippen molar-refractivity contribution in [1.29, 1.82) is 0 Å². The van der Waals surface area contributed by atoms with Crippen molar-refractivity contribution in [1.82, 2.24) is 0 Å². The summed E-state index contributed by atoms with van der Waals surface area (Å²) >= 11 is 3.03. The third-order valence-corrected chi connectivity index (χ3v) is 3.42. The second-order valence-corrected chi connectivity index (χ2v) is 4.97. The van der Waals surface area contributed by atoms with Gasteiger partial charge in [-0.3, -0.25) is 0 Å². The van der Waals surface area contributed by atoms with Crippen LogP contribution in [0.4, 0.5) is 8.78 Å². The van der Waals surface area contributed by atoms with Crippen LogP contribution >= 0.6 is 15.9 Å². The summed E-state index contributed by atoms with van der Waals surface area (Å²) in [6.07, 6.45) is 1.53. The molecule has 16 heavy (non-hydrogen) atoms. The Morgan fingerprint density at radius 3 is 2.56 bits per heavy atom. The highest BCUT2D eigenvalue weighted by Crippen LogP contribution is 2.29. The molecule has 0 saturated carbocycles. The average molecular weight is 292 g/mol. The molecule has 0 aliphatic heterocycles. The molecule has 2 atom stereocenters. The first kappa shape index (κ1) is 13.6. The average Bonchev–Trinajstić information content (AvgIpc) is 2.24. The Kier molecular flexibility index (Phi) is 4.87. The predicted molar refractivity (Wildman–Crippen MR) is 65.1 cm³/mol. The highest BCUT2D eigenvalue weighted by atomic mass is 79.9. The quantitative estimate of drug-likeness (QED) is 0.828. The van der Waals surface area contributed by atoms with Gasteiger partial charge in [0.15, 0.2) is 0 Å². The Labute approximate surface area is 103 Å². The summed E-state index contributed by atoms with van der Waals surface area (Å²) in [5.41, 5.74) is 5.82. The molecule has 0 bridgehead atoms. The van der Waals surface area contributed by atoms with Gasteiger partial charge in [-0.05, 0) is 40.4 Å². The lowest BCUT2D eigenvalue weighted by atomic mass is 9.94. The zero-order chi connectivity index (χ0) is 12.3. The van der Waals surface area contributed by atoms with E-state index >= 15 is 0 Å². The zero-order valence-corrected chi connectivity index (χ0v) is 11.0. The first-order valence-electron chi connectivity index (χ1n) is 5.36. The normalized spacial score (nSPS) is 14.9. The summed E-state index contributed by atoms with van der Waals surface area (Å²) in [4.78, 5) is 0. The fourth-order valence-corrected chi connectivity index (χ4v) is 1.95. The van der Waals surface area contributed by atoms with Crippen LogP contribution in [0, 0.1) is 17.6 Å². The van der Waals surface area contributed by atoms with E-state index in [-0.39, 0.29) is 10.0 Å². The minimum absolute atomic E-state index is 0.0188. The molecule has 1 aromatic rings. The summed E-state index contributed by atoms with van der Waals surface area (Å²) < 4.78 is 27.4. The SMILES string of the molecule is CCC(C)CC(N)c1c(F)ccc(Br)c1F. The fourth-order valence-electron chi connectivity index (χ4n) is 1.60. The maximum absolute atomic E-state index is 13.7. The van der Waals surface area contributed by atoms with Crippen molar-refractivity contribution >= 4 is 15.9 Å². The van der Waals surface area contributed by atoms with Gasteiger partial charge in [-0.25, -0.2) is 8.78 Å². The standard InChI is InChI=1S/C12H16BrF2N/c1-3-7(2)6-10(16)11-9(14)5-4-8(13)12(11)15/h4-5,7,10H,3,6,16H2,1-2H3. The number of hydrogen-bond acceptors (Lipinski definition) is 1. The molecule has 0 heterocycles. The molecule has 1 aromatic carbocycles. The highest BCUT2D eigenvalue weighted by molar-refractivity contribution is 9.10. The van der Waals surface area contributed by atoms with E-state index in [0.717, 1.165) is 6.42 Å². The maximum Gasteiger partial charge on any atom is 0.145 e. The monoisotopic (exact) mass is 291 g/mol. The van der Waals surface area contributed by atoms with Crippen LogP contribution in [0.15, 0.2) is 16.6 Å². The van der Waals surface area contributed by atoms with E-state index in [0.29, 0.717) is 12.3 Å². The number of rotatable bonds is 4. The van der Waals surface area contributed by atoms with Gasteiger partial charge < -0.3 is 5.73 Å². The Bertz CT molecular complexity index is 368. The molecule has 1 nitrogen and oxygen atoms in total. The lowest BCUT2D eigenvalue weighted by Crippen LogP contribution is -2.17. The van der Waals surface area contributed by atoms with Crippen molar-refractivity contribution in [2.45, 2.75) is 32.7 Å². The molecule has 4 heteroatoms. The van der Waals surface area contributed by atoms with Gasteiger partial charge in [0.05, 0.1) is 4.47 Å². The van der Waals surface area contributed by atoms with Gasteiger partial charge in [0.2, 0.25) is 0 Å². The molecule has 0 aliphatic carbocycles. The Hall–Kier alpha value is -0.480. The molecule has 0 aromatic heterocycles. The Morgan fingerprint density at radius 2 is 2.00 bits per heavy atom. The van der Waals surface area contributed by atoms with Crippen molar-refractivity contribution in [2.24, 2.45) is 11.7 Å². The van der Waals surface area contributed by atoms with Crippen LogP contribution in [-0.2, 0) is 0 Å². The molecule has 0 saturated heterocycles. The van der Waals surface area contributed by atoms with Gasteiger partial charge in [-0.15, -0.1) is 0 Å². The molecule has 2 unspecified atom stereocenters. The second-order valence-electron chi connectivity index (χ2n) is 4.11. The molecule has 0 aliphatic rings. The smallest absolute Gasteiger partial charge is 0.145 e. The number of halogens is 3. The van der Waals surface area contributed by atoms with Crippen LogP contribution in [-0.4, -0.2) is 0 Å². The molecule has 0 radical (unpaired) electrons. The molecule has 2 N–H and O–H groups in total. The molecule has 0 fully saturated rings. The largest absolute Gasteiger partial charge is 0.324 e. The summed E-state index contributed by atoms with van der Waals surface area (Å²) in [7, 11) is 0. The van der Waals surface area contributed by atoms with E-state index in [2.05, 4.69) is 15.9 Å². The number of hydrogen-bond donors (Lipinski definition) is 1. The van der Waals surface area contributed by atoms with Gasteiger partial charge >= 0.3 is 0 Å². The first-order chi connectivity index (χ1) is 7.47. The number of nitrogens with two attached hydrogens (primary N) is 1. The third-order valence-electron chi connectivity index (χ3n) is 2.80. The minimum atomic E-state index is -0.590. The summed E-state index contributed by atoms with van der Waals surface area (Å²) in [6, 6.07) is 2.00. The topological polar surface area (TPSA) is 26.0 Å². The van der Waals surface area contributed by atoms with Gasteiger partial charge in [-0.2, -0.15) is 0 Å². The Balaban J connectivity index is 2.98. The van der Waals surface area contributed by atoms with Gasteiger partial charge in [0.25, 0.3) is 0 Å². The number of benzene rings is 1. The van der Waals surface area contributed by atoms with Gasteiger partial charge in [0, 0.05) is 11.6 Å². The maximum atomic E-state index is 13.7. The van der Waals surface area contributed by atoms with E-state index in [9.17, 15) is 8.78 Å². The molecule has 1 rings (SSSR count). The van der Waals surface area contributed by atoms with Crippen molar-refractivity contribution in [2.75, 3.05) is 0 Å². The van der Waals surface area contributed by atoms with Crippen molar-refractivity contribution in [3.05, 3.63) is 33.8 Å². The van der Waals surface area contributed by atoms with E-state index in [4.69, 9.17) is 5.73 Å².